The van der Waals surface area contributed by atoms with Crippen LogP contribution in [0.5, 0.6) is 40.2 Å². The van der Waals surface area contributed by atoms with Gasteiger partial charge in [0.05, 0.1) is 57.8 Å². The lowest BCUT2D eigenvalue weighted by atomic mass is 10.0. The van der Waals surface area contributed by atoms with Crippen molar-refractivity contribution in [1.29, 1.82) is 0 Å². The number of nitrogens with one attached hydrogen (secondary N) is 1. The quantitative estimate of drug-likeness (QED) is 0.0162. The molecule has 0 amide bonds. The molecule has 0 aliphatic heterocycles. The number of anilines is 6. The number of nitrogens with two attached hydrogens (primary N) is 4. The molecule has 21 heteroatoms. The number of aromatic nitrogens is 3. The fourth-order valence-corrected chi connectivity index (χ4v) is 17.9. The van der Waals surface area contributed by atoms with Crippen molar-refractivity contribution in [3.05, 3.63) is 479 Å². The van der Waals surface area contributed by atoms with Crippen molar-refractivity contribution in [2.24, 2.45) is 9.98 Å². The lowest BCUT2D eigenvalue weighted by Crippen LogP contribution is -2.22. The number of hydrogen-bond acceptors (Lipinski definition) is 19. The number of hydrogen-bond donors (Lipinski definition) is 7. The van der Waals surface area contributed by atoms with Crippen LogP contribution in [0.4, 0.5) is 45.8 Å². The van der Waals surface area contributed by atoms with Gasteiger partial charge in [-0.2, -0.15) is 4.99 Å². The highest BCUT2D eigenvalue weighted by molar-refractivity contribution is 7.78. The van der Waals surface area contributed by atoms with Crippen molar-refractivity contribution in [3.8, 4) is 45.9 Å². The fraction of sp³-hybridized carbons (Fsp3) is 0.102. The predicted molar refractivity (Wildman–Crippen MR) is 626 cm³/mol. The first kappa shape index (κ1) is 105. The summed E-state index contributed by atoms with van der Waals surface area (Å²) in [6.45, 7) is 11.6. The number of rotatable bonds is 20. The Morgan fingerprint density at radius 3 is 1.23 bits per heavy atom. The van der Waals surface area contributed by atoms with Gasteiger partial charge in [0.1, 0.15) is 40.2 Å². The van der Waals surface area contributed by atoms with Crippen LogP contribution < -0.4 is 56.4 Å². The van der Waals surface area contributed by atoms with Crippen molar-refractivity contribution < 1.29 is 38.7 Å². The number of phenols is 2. The zero-order valence-electron chi connectivity index (χ0n) is 84.5. The maximum Gasteiger partial charge on any atom is 0.225 e. The van der Waals surface area contributed by atoms with E-state index in [1.54, 1.807) is 64.4 Å². The van der Waals surface area contributed by atoms with Gasteiger partial charge in [0, 0.05) is 109 Å². The number of aromatic amines is 1. The molecule has 11 N–H and O–H groups in total. The monoisotopic (exact) mass is 2000 g/mol. The summed E-state index contributed by atoms with van der Waals surface area (Å²) in [4.78, 5) is 24.9. The summed E-state index contributed by atoms with van der Waals surface area (Å²) in [6, 6.07) is 139. The topological polar surface area (TPSA) is 273 Å². The number of aromatic hydroxyl groups is 2. The summed E-state index contributed by atoms with van der Waals surface area (Å²) in [5.74, 6) is 5.04. The van der Waals surface area contributed by atoms with Crippen molar-refractivity contribution >= 4 is 174 Å². The van der Waals surface area contributed by atoms with Gasteiger partial charge in [-0.05, 0) is 291 Å². The van der Waals surface area contributed by atoms with E-state index in [4.69, 9.17) is 58.8 Å². The number of nitrogen functional groups attached to an aromatic ring is 4. The molecule has 1 aromatic heterocycles. The van der Waals surface area contributed by atoms with Crippen LogP contribution in [-0.4, -0.2) is 78.2 Å². The molecule has 0 spiro atoms. The lowest BCUT2D eigenvalue weighted by Gasteiger charge is -2.27. The SMILES string of the molecule is COc1ccc2c(C)ccc(N)c2c1.COc1ccc2c(C)ccc(N=C=S)c2c1.COc1ccc2c(C=O)ccc(N(Cc3ccccc3)Cc3ccccc3)c2c1.COc1ccc2cccc(N(Cc3ccccc3)Cc3ccccc3)c2c1.COc1ccc2cccc(N)c2c1.Cc1ccc2c(C)ccc(-n3c(N)n[nH]c3=S)c2c1.Nc1cccc2ccc(O)cc12.Oc1ccc2cccc(N=Cc3ccccc3)c2c1. The van der Waals surface area contributed by atoms with E-state index < -0.39 is 0 Å². The fourth-order valence-electron chi connectivity index (χ4n) is 17.6. The third-order valence-electron chi connectivity index (χ3n) is 25.4. The number of nitrogens with zero attached hydrogens (tertiary/aromatic N) is 6. The lowest BCUT2D eigenvalue weighted by molar-refractivity contribution is 0.112. The number of fused-ring (bicyclic) bond motifs is 8. The molecule has 0 bridgehead atoms. The number of thiocarbonyl (C=S) groups is 1. The number of aliphatic imine (C=N–C) groups is 2. The average Bonchev–Trinajstić information content (AvgIpc) is 1.70. The predicted octanol–water partition coefficient (Wildman–Crippen LogP) is 30.7. The van der Waals surface area contributed by atoms with E-state index in [0.29, 0.717) is 22.0 Å². The molecule has 19 nitrogen and oxygen atoms in total. The van der Waals surface area contributed by atoms with Crippen molar-refractivity contribution in [2.45, 2.75) is 53.9 Å². The standard InChI is InChI=1S/C26H23NO2.C25H23NO.C17H13NO.C14H14N4S.C13H11NOS.C12H13NO.C11H11NO.C10H9NO/c1-29-23-13-14-24-22(19-28)12-15-26(25(24)16-23)27(17-20-8-4-2-5-9-20)18-21-10-6-3-7-11-21;1-27-23-16-15-22-13-8-14-25(24(22)17-23)26(18-20-9-4-2-5-10-20)19-21-11-6-3-7-12-21;19-15-10-9-14-7-4-8-17(16(14)11-15)18-12-13-5-2-1-3-6-13;1-8-3-5-10-9(2)4-6-12(11(10)7-8)18-13(15)16-17-14(18)19;1-9-3-6-13(14-8-16)12-7-10(15-2)4-5-11(9)12;1-8-3-6-12(13)11-7-9(14-2)4-5-10(8)11;1-13-9-6-5-8-3-2-4-11(12)10(8)7-9;11-10-3-1-2-7-4-5-8(12)6-9(7)10/h2-16,19H,17-18H2,1H3;2-17H,18-19H2,1H3;1-12,19H;3-7H,1-2H3,(H2,15,16)(H,17,19);3-7H,1-2H3;3-7H,13H2,1-2H3;2-7H,12H2,1H3;1-6,12H,11H2. The molecule has 744 valence electrons. The maximum absolute atomic E-state index is 11.6. The van der Waals surface area contributed by atoms with Crippen LogP contribution in [0.15, 0.2) is 429 Å². The molecule has 21 aromatic carbocycles. The summed E-state index contributed by atoms with van der Waals surface area (Å²) in [5.41, 5.74) is 42.2. The van der Waals surface area contributed by atoms with E-state index in [1.165, 1.54) is 71.7 Å². The Kier molecular flexibility index (Phi) is 36.1. The molecule has 0 saturated heterocycles. The zero-order valence-corrected chi connectivity index (χ0v) is 86.1. The van der Waals surface area contributed by atoms with Gasteiger partial charge in [-0.1, -0.05) is 272 Å². The number of ether oxygens (including phenoxy) is 5. The molecular weight excluding hydrogens is 1880 g/mol. The van der Waals surface area contributed by atoms with Gasteiger partial charge >= 0.3 is 0 Å². The van der Waals surface area contributed by atoms with E-state index in [2.05, 4.69) is 239 Å². The third kappa shape index (κ3) is 27.2. The van der Waals surface area contributed by atoms with Crippen LogP contribution in [0.3, 0.4) is 0 Å². The minimum absolute atomic E-state index is 0.250. The second-order valence-corrected chi connectivity index (χ2v) is 35.9. The Morgan fingerprint density at radius 2 is 0.738 bits per heavy atom. The van der Waals surface area contributed by atoms with Gasteiger partial charge in [-0.25, -0.2) is 5.10 Å². The molecule has 22 aromatic rings. The zero-order chi connectivity index (χ0) is 105. The number of phenolic OH excluding ortho intramolecular Hbond substituents is 2. The van der Waals surface area contributed by atoms with E-state index in [0.717, 1.165) is 166 Å². The van der Waals surface area contributed by atoms with Crippen LogP contribution in [0, 0.1) is 32.5 Å². The van der Waals surface area contributed by atoms with Crippen molar-refractivity contribution in [1.82, 2.24) is 14.8 Å². The van der Waals surface area contributed by atoms with Gasteiger partial charge in [-0.3, -0.25) is 14.4 Å². The van der Waals surface area contributed by atoms with Crippen LogP contribution in [0.25, 0.3) is 91.9 Å². The maximum atomic E-state index is 11.6. The summed E-state index contributed by atoms with van der Waals surface area (Å²) in [7, 11) is 8.35. The number of H-pyrrole nitrogens is 1. The van der Waals surface area contributed by atoms with E-state index in [9.17, 15) is 15.0 Å². The van der Waals surface area contributed by atoms with Crippen LogP contribution in [-0.2, 0) is 26.2 Å². The van der Waals surface area contributed by atoms with Crippen molar-refractivity contribution in [3.63, 3.8) is 0 Å². The highest BCUT2D eigenvalue weighted by Gasteiger charge is 2.19. The molecule has 0 fully saturated rings. The number of methoxy groups -OCH3 is 5. The van der Waals surface area contributed by atoms with Gasteiger partial charge in [-0.15, -0.1) is 5.10 Å². The third-order valence-corrected chi connectivity index (χ3v) is 25.7. The Labute approximate surface area is 878 Å². The molecule has 0 aliphatic rings. The summed E-state index contributed by atoms with van der Waals surface area (Å²) < 4.78 is 28.7. The average molecular weight is 2000 g/mol. The molecule has 0 radical (unpaired) electrons. The highest BCUT2D eigenvalue weighted by Crippen LogP contribution is 2.40. The van der Waals surface area contributed by atoms with Gasteiger partial charge < -0.3 is 66.6 Å². The number of carbonyl (C=O) groups is 1. The van der Waals surface area contributed by atoms with Gasteiger partial charge in [0.2, 0.25) is 10.7 Å². The van der Waals surface area contributed by atoms with E-state index in [1.807, 2.05) is 237 Å². The molecule has 0 aliphatic carbocycles. The normalized spacial score (nSPS) is 10.6. The largest absolute Gasteiger partial charge is 0.508 e. The first-order valence-electron chi connectivity index (χ1n) is 48.4. The molecule has 0 unspecified atom stereocenters. The number of aryl methyl sites for hydroxylation is 4. The van der Waals surface area contributed by atoms with Gasteiger partial charge in [0.15, 0.2) is 6.29 Å². The van der Waals surface area contributed by atoms with Crippen LogP contribution >= 0.6 is 24.4 Å². The number of benzene rings is 21. The summed E-state index contributed by atoms with van der Waals surface area (Å²) >= 11 is 9.89. The highest BCUT2D eigenvalue weighted by atomic mass is 32.1. The van der Waals surface area contributed by atoms with Crippen molar-refractivity contribution in [2.75, 3.05) is 68.3 Å². The smallest absolute Gasteiger partial charge is 0.225 e. The Balaban J connectivity index is 0.000000130. The number of isothiocyanates is 1. The second-order valence-electron chi connectivity index (χ2n) is 35.3. The molecule has 149 heavy (non-hydrogen) atoms. The van der Waals surface area contributed by atoms with E-state index in [-0.39, 0.29) is 11.5 Å². The van der Waals surface area contributed by atoms with Crippen LogP contribution in [0.1, 0.15) is 60.4 Å². The summed E-state index contributed by atoms with van der Waals surface area (Å²) in [5, 5.41) is 45.2. The van der Waals surface area contributed by atoms with E-state index >= 15 is 0 Å². The summed E-state index contributed by atoms with van der Waals surface area (Å²) in [6.07, 6.45) is 2.75. The Morgan fingerprint density at radius 1 is 0.349 bits per heavy atom. The molecule has 1 heterocycles. The molecule has 22 rings (SSSR count). The minimum atomic E-state index is 0.250. The first-order valence-corrected chi connectivity index (χ1v) is 49.2. The first-order chi connectivity index (χ1) is 72.6. The molecule has 0 atom stereocenters. The number of carbonyl (C=O) groups excluding carboxylic acids is 1. The minimum Gasteiger partial charge on any atom is -0.508 e. The van der Waals surface area contributed by atoms with Crippen LogP contribution in [0.2, 0.25) is 0 Å². The Bertz CT molecular complexity index is 8450. The molecule has 0 saturated carbocycles. The Hall–Kier alpha value is -18.4. The van der Waals surface area contributed by atoms with Gasteiger partial charge in [0.25, 0.3) is 0 Å². The number of aldehydes is 1. The molecular formula is C128H117N11O8S2. The second kappa shape index (κ2) is 51.2.